The zero-order valence-corrected chi connectivity index (χ0v) is 12.0. The maximum absolute atomic E-state index is 11.4. The average molecular weight is 279 g/mol. The summed E-state index contributed by atoms with van der Waals surface area (Å²) in [7, 11) is 1.88. The SMILES string of the molecule is CCC(c1ccc2scnc2c1[N+](=O)[O-])C(C)NC. The summed E-state index contributed by atoms with van der Waals surface area (Å²) >= 11 is 1.43. The zero-order chi connectivity index (χ0) is 14.0. The molecule has 1 N–H and O–H groups in total. The van der Waals surface area contributed by atoms with Gasteiger partial charge in [0, 0.05) is 17.5 Å². The molecule has 2 unspecified atom stereocenters. The molecule has 6 heteroatoms. The second-order valence-corrected chi connectivity index (χ2v) is 5.44. The molecule has 0 aliphatic carbocycles. The van der Waals surface area contributed by atoms with Gasteiger partial charge >= 0.3 is 0 Å². The zero-order valence-electron chi connectivity index (χ0n) is 11.2. The van der Waals surface area contributed by atoms with Crippen LogP contribution in [0, 0.1) is 10.1 Å². The highest BCUT2D eigenvalue weighted by Crippen LogP contribution is 2.37. The number of nitro benzene ring substituents is 1. The van der Waals surface area contributed by atoms with Crippen molar-refractivity contribution in [1.82, 2.24) is 10.3 Å². The van der Waals surface area contributed by atoms with Gasteiger partial charge in [0.25, 0.3) is 5.69 Å². The first-order valence-electron chi connectivity index (χ1n) is 6.27. The highest BCUT2D eigenvalue weighted by Gasteiger charge is 2.28. The number of nitro groups is 1. The summed E-state index contributed by atoms with van der Waals surface area (Å²) in [5, 5.41) is 14.6. The van der Waals surface area contributed by atoms with Gasteiger partial charge in [0.15, 0.2) is 5.52 Å². The van der Waals surface area contributed by atoms with Gasteiger partial charge in [-0.25, -0.2) is 4.98 Å². The van der Waals surface area contributed by atoms with E-state index >= 15 is 0 Å². The Morgan fingerprint density at radius 2 is 2.26 bits per heavy atom. The standard InChI is InChI=1S/C13H17N3O2S/c1-4-9(8(2)14-3)10-5-6-11-12(15-7-19-11)13(10)16(17)18/h5-9,14H,4H2,1-3H3. The normalized spacial score (nSPS) is 14.5. The smallest absolute Gasteiger partial charge is 0.299 e. The van der Waals surface area contributed by atoms with E-state index in [1.54, 1.807) is 5.51 Å². The average Bonchev–Trinajstić information content (AvgIpc) is 2.86. The molecule has 2 rings (SSSR count). The molecule has 0 aliphatic heterocycles. The van der Waals surface area contributed by atoms with Crippen LogP contribution in [0.5, 0.6) is 0 Å². The quantitative estimate of drug-likeness (QED) is 0.673. The third-order valence-corrected chi connectivity index (χ3v) is 4.38. The number of likely N-dealkylation sites (N-methyl/N-ethyl adjacent to an activating group) is 1. The molecule has 1 heterocycles. The summed E-state index contributed by atoms with van der Waals surface area (Å²) in [4.78, 5) is 15.3. The summed E-state index contributed by atoms with van der Waals surface area (Å²) in [5.41, 5.74) is 3.10. The summed E-state index contributed by atoms with van der Waals surface area (Å²) in [5.74, 6) is 0.108. The lowest BCUT2D eigenvalue weighted by Crippen LogP contribution is -2.29. The van der Waals surface area contributed by atoms with Gasteiger partial charge in [0.2, 0.25) is 0 Å². The van der Waals surface area contributed by atoms with Crippen molar-refractivity contribution in [3.8, 4) is 0 Å². The number of rotatable bonds is 5. The van der Waals surface area contributed by atoms with Gasteiger partial charge in [-0.2, -0.15) is 0 Å². The van der Waals surface area contributed by atoms with Gasteiger partial charge in [-0.3, -0.25) is 10.1 Å². The number of thiazole rings is 1. The minimum atomic E-state index is -0.303. The van der Waals surface area contributed by atoms with Crippen molar-refractivity contribution in [2.75, 3.05) is 7.05 Å². The number of aromatic nitrogens is 1. The maximum atomic E-state index is 11.4. The van der Waals surface area contributed by atoms with Gasteiger partial charge in [-0.15, -0.1) is 11.3 Å². The highest BCUT2D eigenvalue weighted by atomic mass is 32.1. The Morgan fingerprint density at radius 1 is 1.53 bits per heavy atom. The first-order chi connectivity index (χ1) is 9.10. The van der Waals surface area contributed by atoms with Gasteiger partial charge in [0.05, 0.1) is 15.1 Å². The third-order valence-electron chi connectivity index (χ3n) is 3.59. The van der Waals surface area contributed by atoms with Crippen LogP contribution in [0.3, 0.4) is 0 Å². The number of nitrogens with zero attached hydrogens (tertiary/aromatic N) is 2. The monoisotopic (exact) mass is 279 g/mol. The topological polar surface area (TPSA) is 68.1 Å². The van der Waals surface area contributed by atoms with Crippen LogP contribution < -0.4 is 5.32 Å². The Morgan fingerprint density at radius 3 is 2.84 bits per heavy atom. The van der Waals surface area contributed by atoms with E-state index in [2.05, 4.69) is 10.3 Å². The Balaban J connectivity index is 2.64. The molecule has 2 aromatic rings. The van der Waals surface area contributed by atoms with Gasteiger partial charge < -0.3 is 5.32 Å². The van der Waals surface area contributed by atoms with Crippen LogP contribution in [0.15, 0.2) is 17.6 Å². The molecule has 0 bridgehead atoms. The molecule has 0 saturated carbocycles. The number of fused-ring (bicyclic) bond motifs is 1. The molecule has 1 aromatic carbocycles. The maximum Gasteiger partial charge on any atom is 0.299 e. The van der Waals surface area contributed by atoms with E-state index < -0.39 is 0 Å². The summed E-state index contributed by atoms with van der Waals surface area (Å²) in [6.07, 6.45) is 0.846. The summed E-state index contributed by atoms with van der Waals surface area (Å²) < 4.78 is 0.863. The largest absolute Gasteiger partial charge is 0.317 e. The number of benzene rings is 1. The minimum absolute atomic E-state index is 0.108. The van der Waals surface area contributed by atoms with Crippen LogP contribution in [-0.4, -0.2) is 23.0 Å². The van der Waals surface area contributed by atoms with Crippen LogP contribution in [0.25, 0.3) is 10.2 Å². The van der Waals surface area contributed by atoms with E-state index in [4.69, 9.17) is 0 Å². The predicted molar refractivity (Wildman–Crippen MR) is 77.8 cm³/mol. The fourth-order valence-electron chi connectivity index (χ4n) is 2.47. The molecule has 19 heavy (non-hydrogen) atoms. The van der Waals surface area contributed by atoms with E-state index in [-0.39, 0.29) is 22.6 Å². The van der Waals surface area contributed by atoms with Crippen molar-refractivity contribution in [1.29, 1.82) is 0 Å². The van der Waals surface area contributed by atoms with E-state index in [0.717, 1.165) is 16.7 Å². The molecular weight excluding hydrogens is 262 g/mol. The Hall–Kier alpha value is -1.53. The van der Waals surface area contributed by atoms with Crippen LogP contribution in [0.2, 0.25) is 0 Å². The van der Waals surface area contributed by atoms with Gasteiger partial charge in [-0.1, -0.05) is 13.0 Å². The number of hydrogen-bond donors (Lipinski definition) is 1. The molecule has 5 nitrogen and oxygen atoms in total. The fraction of sp³-hybridized carbons (Fsp3) is 0.462. The van der Waals surface area contributed by atoms with E-state index in [0.29, 0.717) is 5.52 Å². The predicted octanol–water partition coefficient (Wildman–Crippen LogP) is 3.31. The first-order valence-corrected chi connectivity index (χ1v) is 7.15. The lowest BCUT2D eigenvalue weighted by atomic mass is 9.88. The Bertz CT molecular complexity index is 597. The Labute approximate surface area is 115 Å². The van der Waals surface area contributed by atoms with E-state index in [1.165, 1.54) is 11.3 Å². The van der Waals surface area contributed by atoms with E-state index in [9.17, 15) is 10.1 Å². The fourth-order valence-corrected chi connectivity index (χ4v) is 3.15. The lowest BCUT2D eigenvalue weighted by Gasteiger charge is -2.22. The first kappa shape index (κ1) is 13.9. The van der Waals surface area contributed by atoms with Crippen LogP contribution in [0.4, 0.5) is 5.69 Å². The van der Waals surface area contributed by atoms with Gasteiger partial charge in [-0.05, 0) is 26.5 Å². The van der Waals surface area contributed by atoms with Crippen LogP contribution in [-0.2, 0) is 0 Å². The van der Waals surface area contributed by atoms with Crippen LogP contribution >= 0.6 is 11.3 Å². The summed E-state index contributed by atoms with van der Waals surface area (Å²) in [6, 6.07) is 3.99. The van der Waals surface area contributed by atoms with Crippen molar-refractivity contribution < 1.29 is 4.92 Å². The molecule has 0 fully saturated rings. The molecule has 0 aliphatic rings. The van der Waals surface area contributed by atoms with Crippen molar-refractivity contribution in [2.45, 2.75) is 32.2 Å². The molecule has 1 aromatic heterocycles. The summed E-state index contributed by atoms with van der Waals surface area (Å²) in [6.45, 7) is 4.09. The molecule has 102 valence electrons. The molecular formula is C13H17N3O2S. The molecule has 0 radical (unpaired) electrons. The van der Waals surface area contributed by atoms with Crippen molar-refractivity contribution in [2.24, 2.45) is 0 Å². The number of nitrogens with one attached hydrogen (secondary N) is 1. The number of hydrogen-bond acceptors (Lipinski definition) is 5. The minimum Gasteiger partial charge on any atom is -0.317 e. The third kappa shape index (κ3) is 2.46. The highest BCUT2D eigenvalue weighted by molar-refractivity contribution is 7.16. The second kappa shape index (κ2) is 5.63. The van der Waals surface area contributed by atoms with E-state index in [1.807, 2.05) is 33.0 Å². The molecule has 0 spiro atoms. The lowest BCUT2D eigenvalue weighted by molar-refractivity contribution is -0.384. The van der Waals surface area contributed by atoms with Crippen molar-refractivity contribution in [3.63, 3.8) is 0 Å². The van der Waals surface area contributed by atoms with Gasteiger partial charge in [0.1, 0.15) is 0 Å². The molecule has 0 amide bonds. The van der Waals surface area contributed by atoms with Crippen LogP contribution in [0.1, 0.15) is 31.7 Å². The van der Waals surface area contributed by atoms with Crippen molar-refractivity contribution >= 4 is 27.2 Å². The van der Waals surface area contributed by atoms with Crippen molar-refractivity contribution in [3.05, 3.63) is 33.3 Å². The molecule has 0 saturated heterocycles. The molecule has 2 atom stereocenters. The second-order valence-electron chi connectivity index (χ2n) is 4.55. The Kier molecular flexibility index (Phi) is 4.11.